The maximum Gasteiger partial charge on any atom is 0.0541 e. The van der Waals surface area contributed by atoms with Crippen molar-refractivity contribution in [2.45, 2.75) is 44.9 Å². The zero-order valence-corrected chi connectivity index (χ0v) is 32.2. The van der Waals surface area contributed by atoms with Gasteiger partial charge in [0.1, 0.15) is 0 Å². The molecule has 5 atom stereocenters. The van der Waals surface area contributed by atoms with E-state index < -0.39 is 0 Å². The van der Waals surface area contributed by atoms with Crippen molar-refractivity contribution in [2.75, 3.05) is 0 Å². The van der Waals surface area contributed by atoms with Gasteiger partial charge in [-0.05, 0) is 152 Å². The Morgan fingerprint density at radius 1 is 0.446 bits per heavy atom. The van der Waals surface area contributed by atoms with Crippen molar-refractivity contribution < 1.29 is 0 Å². The molecule has 270 valence electrons. The molecule has 1 heteroatoms. The van der Waals surface area contributed by atoms with Gasteiger partial charge in [0, 0.05) is 21.9 Å². The highest BCUT2D eigenvalue weighted by Gasteiger charge is 2.56. The second-order valence-electron chi connectivity index (χ2n) is 17.4. The summed E-state index contributed by atoms with van der Waals surface area (Å²) in [6, 6.07) is 62.1. The summed E-state index contributed by atoms with van der Waals surface area (Å²) < 4.78 is 2.41. The minimum atomic E-state index is 0.103. The van der Waals surface area contributed by atoms with Crippen molar-refractivity contribution in [3.8, 4) is 39.1 Å². The van der Waals surface area contributed by atoms with Gasteiger partial charge >= 0.3 is 0 Å². The van der Waals surface area contributed by atoms with Gasteiger partial charge in [-0.1, -0.05) is 141 Å². The molecule has 8 aromatic carbocycles. The zero-order chi connectivity index (χ0) is 37.1. The topological polar surface area (TPSA) is 4.93 Å². The Kier molecular flexibility index (Phi) is 6.95. The van der Waals surface area contributed by atoms with Crippen molar-refractivity contribution >= 4 is 43.4 Å². The summed E-state index contributed by atoms with van der Waals surface area (Å²) in [7, 11) is 0. The molecule has 0 amide bonds. The summed E-state index contributed by atoms with van der Waals surface area (Å²) in [5.41, 5.74) is 15.1. The Morgan fingerprint density at radius 2 is 1.02 bits per heavy atom. The first-order chi connectivity index (χ1) is 27.6. The second-order valence-corrected chi connectivity index (χ2v) is 17.4. The van der Waals surface area contributed by atoms with Crippen LogP contribution in [-0.2, 0) is 5.41 Å². The first-order valence-corrected chi connectivity index (χ1v) is 20.9. The summed E-state index contributed by atoms with van der Waals surface area (Å²) in [6.07, 6.45) is 5.46. The van der Waals surface area contributed by atoms with Crippen molar-refractivity contribution in [1.29, 1.82) is 0 Å². The SMILES string of the molecule is CC1CC2CC(C)C3(c4ccccc4-c4cc(-c5c6ccccc6c(-c6ccc7c(c6)c6ccccc6n7-c6ccccc6)c6ccccc56)ccc43)C(C1)C2. The van der Waals surface area contributed by atoms with E-state index in [0.717, 1.165) is 11.8 Å². The average Bonchev–Trinajstić information content (AvgIpc) is 3.72. The van der Waals surface area contributed by atoms with Crippen LogP contribution in [0.1, 0.15) is 50.7 Å². The van der Waals surface area contributed by atoms with Gasteiger partial charge in [-0.25, -0.2) is 0 Å². The van der Waals surface area contributed by atoms with Crippen LogP contribution in [0, 0.1) is 23.7 Å². The van der Waals surface area contributed by atoms with Crippen molar-refractivity contribution in [3.05, 3.63) is 175 Å². The predicted molar refractivity (Wildman–Crippen MR) is 237 cm³/mol. The fourth-order valence-electron chi connectivity index (χ4n) is 12.6. The molecule has 5 unspecified atom stereocenters. The quantitative estimate of drug-likeness (QED) is 0.160. The number of fused-ring (bicyclic) bond motifs is 13. The Labute approximate surface area is 329 Å². The molecule has 1 nitrogen and oxygen atoms in total. The van der Waals surface area contributed by atoms with E-state index in [1.165, 1.54) is 108 Å². The van der Waals surface area contributed by atoms with Crippen LogP contribution in [0.15, 0.2) is 164 Å². The molecule has 0 radical (unpaired) electrons. The maximum absolute atomic E-state index is 2.58. The zero-order valence-electron chi connectivity index (χ0n) is 32.2. The minimum Gasteiger partial charge on any atom is -0.309 e. The van der Waals surface area contributed by atoms with Crippen molar-refractivity contribution in [2.24, 2.45) is 23.7 Å². The van der Waals surface area contributed by atoms with E-state index in [-0.39, 0.29) is 5.41 Å². The molecule has 56 heavy (non-hydrogen) atoms. The highest BCUT2D eigenvalue weighted by atomic mass is 15.0. The van der Waals surface area contributed by atoms with E-state index in [4.69, 9.17) is 0 Å². The fourth-order valence-corrected chi connectivity index (χ4v) is 12.6. The lowest BCUT2D eigenvalue weighted by Gasteiger charge is -2.54. The molecule has 1 spiro atoms. The van der Waals surface area contributed by atoms with E-state index in [1.807, 2.05) is 0 Å². The highest BCUT2D eigenvalue weighted by molar-refractivity contribution is 6.22. The molecule has 0 N–H and O–H groups in total. The van der Waals surface area contributed by atoms with E-state index in [2.05, 4.69) is 182 Å². The molecule has 2 saturated carbocycles. The van der Waals surface area contributed by atoms with Crippen molar-refractivity contribution in [3.63, 3.8) is 0 Å². The number of aromatic nitrogens is 1. The monoisotopic (exact) mass is 719 g/mol. The molecule has 2 bridgehead atoms. The highest BCUT2D eigenvalue weighted by Crippen LogP contribution is 2.65. The van der Waals surface area contributed by atoms with Crippen LogP contribution in [0.2, 0.25) is 0 Å². The average molecular weight is 720 g/mol. The third kappa shape index (κ3) is 4.37. The Morgan fingerprint density at radius 3 is 1.75 bits per heavy atom. The van der Waals surface area contributed by atoms with Crippen LogP contribution in [0.3, 0.4) is 0 Å². The van der Waals surface area contributed by atoms with Gasteiger partial charge in [-0.15, -0.1) is 0 Å². The molecule has 1 aromatic heterocycles. The number of nitrogens with zero attached hydrogens (tertiary/aromatic N) is 1. The number of hydrogen-bond acceptors (Lipinski definition) is 0. The summed E-state index contributed by atoms with van der Waals surface area (Å²) in [6.45, 7) is 5.08. The van der Waals surface area contributed by atoms with Gasteiger partial charge < -0.3 is 4.57 Å². The van der Waals surface area contributed by atoms with Crippen LogP contribution in [0.5, 0.6) is 0 Å². The van der Waals surface area contributed by atoms with Gasteiger partial charge in [0.2, 0.25) is 0 Å². The van der Waals surface area contributed by atoms with Gasteiger partial charge in [0.15, 0.2) is 0 Å². The van der Waals surface area contributed by atoms with Crippen LogP contribution in [-0.4, -0.2) is 4.57 Å². The normalized spacial score (nSPS) is 22.6. The van der Waals surface area contributed by atoms with Gasteiger partial charge in [0.05, 0.1) is 11.0 Å². The molecule has 1 heterocycles. The number of hydrogen-bond donors (Lipinski definition) is 0. The van der Waals surface area contributed by atoms with E-state index >= 15 is 0 Å². The number of para-hydroxylation sites is 2. The fraction of sp³-hybridized carbons (Fsp3) is 0.200. The Hall–Kier alpha value is -5.92. The lowest BCUT2D eigenvalue weighted by molar-refractivity contribution is 0.0426. The van der Waals surface area contributed by atoms with E-state index in [0.29, 0.717) is 11.8 Å². The third-order valence-electron chi connectivity index (χ3n) is 14.5. The molecular formula is C55H45N. The molecule has 12 rings (SSSR count). The lowest BCUT2D eigenvalue weighted by atomic mass is 9.49. The van der Waals surface area contributed by atoms with Gasteiger partial charge in [-0.3, -0.25) is 0 Å². The van der Waals surface area contributed by atoms with Crippen LogP contribution in [0.4, 0.5) is 0 Å². The summed E-state index contributed by atoms with van der Waals surface area (Å²) in [5.74, 6) is 3.01. The molecule has 2 fully saturated rings. The van der Waals surface area contributed by atoms with Gasteiger partial charge in [0.25, 0.3) is 0 Å². The predicted octanol–water partition coefficient (Wildman–Crippen LogP) is 14.8. The van der Waals surface area contributed by atoms with Crippen LogP contribution in [0.25, 0.3) is 82.4 Å². The second kappa shape index (κ2) is 12.0. The summed E-state index contributed by atoms with van der Waals surface area (Å²) in [4.78, 5) is 0. The smallest absolute Gasteiger partial charge is 0.0541 e. The molecule has 0 aliphatic heterocycles. The minimum absolute atomic E-state index is 0.103. The third-order valence-corrected chi connectivity index (χ3v) is 14.5. The van der Waals surface area contributed by atoms with Crippen LogP contribution < -0.4 is 0 Å². The summed E-state index contributed by atoms with van der Waals surface area (Å²) >= 11 is 0. The Bertz CT molecular complexity index is 2980. The lowest BCUT2D eigenvalue weighted by Crippen LogP contribution is -2.49. The molecule has 3 aliphatic rings. The van der Waals surface area contributed by atoms with E-state index in [9.17, 15) is 0 Å². The van der Waals surface area contributed by atoms with Gasteiger partial charge in [-0.2, -0.15) is 0 Å². The van der Waals surface area contributed by atoms with Crippen LogP contribution >= 0.6 is 0 Å². The molecule has 0 saturated heterocycles. The molecule has 9 aromatic rings. The standard InChI is InChI=1S/C55H45N/c1-34-28-36-30-35(2)55(39(29-34)31-36)49-22-12-10-16-41(49)47-32-37(24-26-50(47)55)53-43-18-6-8-20-45(43)54(46-21-9-7-19-44(46)53)38-25-27-52-48(33-38)42-17-11-13-23-51(42)56(52)40-14-4-3-5-15-40/h3-27,32-36,39H,28-31H2,1-2H3. The number of rotatable bonds is 3. The first-order valence-electron chi connectivity index (χ1n) is 20.9. The van der Waals surface area contributed by atoms with E-state index in [1.54, 1.807) is 11.1 Å². The summed E-state index contributed by atoms with van der Waals surface area (Å²) in [5, 5.41) is 7.77. The molecule has 3 aliphatic carbocycles. The molecular weight excluding hydrogens is 675 g/mol. The largest absolute Gasteiger partial charge is 0.309 e. The number of benzene rings is 8. The first kappa shape index (κ1) is 32.3. The Balaban J connectivity index is 1.08. The van der Waals surface area contributed by atoms with Crippen molar-refractivity contribution in [1.82, 2.24) is 4.57 Å². The maximum atomic E-state index is 2.58.